The van der Waals surface area contributed by atoms with E-state index in [0.29, 0.717) is 5.69 Å². The number of halogens is 3. The van der Waals surface area contributed by atoms with Crippen LogP contribution in [0.2, 0.25) is 0 Å². The Morgan fingerprint density at radius 3 is 2.48 bits per heavy atom. The monoisotopic (exact) mass is 398 g/mol. The summed E-state index contributed by atoms with van der Waals surface area (Å²) in [6.07, 6.45) is -3.59. The van der Waals surface area contributed by atoms with Gasteiger partial charge in [0.05, 0.1) is 12.3 Å². The molecule has 2 rings (SSSR count). The first-order valence-corrected chi connectivity index (χ1v) is 8.77. The first-order chi connectivity index (χ1) is 12.6. The molecule has 2 amide bonds. The van der Waals surface area contributed by atoms with E-state index >= 15 is 0 Å². The van der Waals surface area contributed by atoms with Crippen molar-refractivity contribution in [1.82, 2.24) is 14.9 Å². The van der Waals surface area contributed by atoms with Crippen LogP contribution in [0.15, 0.2) is 41.7 Å². The lowest BCUT2D eigenvalue weighted by molar-refractivity contribution is -0.141. The fourth-order valence-electron chi connectivity index (χ4n) is 1.95. The van der Waals surface area contributed by atoms with Crippen molar-refractivity contribution in [2.24, 2.45) is 0 Å². The van der Waals surface area contributed by atoms with E-state index < -0.39 is 17.8 Å². The van der Waals surface area contributed by atoms with Crippen LogP contribution in [0.25, 0.3) is 0 Å². The zero-order valence-corrected chi connectivity index (χ0v) is 15.4. The summed E-state index contributed by atoms with van der Waals surface area (Å²) in [6, 6.07) is 7.94. The minimum Gasteiger partial charge on any atom is -0.336 e. The molecule has 1 heterocycles. The van der Waals surface area contributed by atoms with Crippen LogP contribution < -0.4 is 5.32 Å². The van der Waals surface area contributed by atoms with Gasteiger partial charge in [0.1, 0.15) is 5.69 Å². The number of anilines is 1. The number of aromatic nitrogens is 2. The molecular weight excluding hydrogens is 381 g/mol. The van der Waals surface area contributed by atoms with Crippen molar-refractivity contribution in [3.8, 4) is 0 Å². The second-order valence-corrected chi connectivity index (χ2v) is 6.62. The van der Waals surface area contributed by atoms with Crippen molar-refractivity contribution in [2.75, 3.05) is 24.7 Å². The molecule has 0 aliphatic carbocycles. The first kappa shape index (κ1) is 20.7. The zero-order chi connectivity index (χ0) is 20.0. The van der Waals surface area contributed by atoms with Crippen LogP contribution in [0.3, 0.4) is 0 Å². The van der Waals surface area contributed by atoms with E-state index in [0.717, 1.165) is 29.6 Å². The van der Waals surface area contributed by atoms with Gasteiger partial charge in [0, 0.05) is 18.9 Å². The van der Waals surface area contributed by atoms with Crippen LogP contribution in [-0.4, -0.2) is 46.0 Å². The second-order valence-electron chi connectivity index (χ2n) is 5.67. The van der Waals surface area contributed by atoms with Gasteiger partial charge in [-0.25, -0.2) is 9.97 Å². The largest absolute Gasteiger partial charge is 0.433 e. The molecule has 0 saturated carbocycles. The molecule has 2 aromatic rings. The number of likely N-dealkylation sites (N-methyl/N-ethyl adjacent to an activating group) is 1. The number of nitrogens with zero attached hydrogens (tertiary/aromatic N) is 3. The summed E-state index contributed by atoms with van der Waals surface area (Å²) in [7, 11) is 1.44. The summed E-state index contributed by atoms with van der Waals surface area (Å²) in [5.74, 6) is -0.995. The average molecular weight is 398 g/mol. The van der Waals surface area contributed by atoms with Gasteiger partial charge >= 0.3 is 6.18 Å². The third-order valence-electron chi connectivity index (χ3n) is 3.39. The molecule has 0 radical (unpaired) electrons. The molecule has 0 saturated heterocycles. The molecule has 10 heteroatoms. The highest BCUT2D eigenvalue weighted by Gasteiger charge is 2.32. The van der Waals surface area contributed by atoms with Gasteiger partial charge in [0.15, 0.2) is 5.16 Å². The molecule has 144 valence electrons. The van der Waals surface area contributed by atoms with Crippen molar-refractivity contribution in [1.29, 1.82) is 0 Å². The summed E-state index contributed by atoms with van der Waals surface area (Å²) < 4.78 is 37.9. The maximum atomic E-state index is 12.6. The minimum atomic E-state index is -4.58. The lowest BCUT2D eigenvalue weighted by Gasteiger charge is -2.16. The highest BCUT2D eigenvalue weighted by Crippen LogP contribution is 2.28. The summed E-state index contributed by atoms with van der Waals surface area (Å²) >= 11 is 0.775. The summed E-state index contributed by atoms with van der Waals surface area (Å²) in [4.78, 5) is 32.3. The highest BCUT2D eigenvalue weighted by molar-refractivity contribution is 7.99. The van der Waals surface area contributed by atoms with Crippen molar-refractivity contribution >= 4 is 29.3 Å². The molecule has 6 nitrogen and oxygen atoms in total. The number of hydrogen-bond donors (Lipinski definition) is 1. The highest BCUT2D eigenvalue weighted by atomic mass is 32.2. The van der Waals surface area contributed by atoms with E-state index in [4.69, 9.17) is 0 Å². The number of aryl methyl sites for hydroxylation is 1. The fraction of sp³-hybridized carbons (Fsp3) is 0.294. The normalized spacial score (nSPS) is 11.1. The Bertz CT molecular complexity index is 813. The van der Waals surface area contributed by atoms with Gasteiger partial charge in [0.2, 0.25) is 11.8 Å². The molecule has 0 atom stereocenters. The van der Waals surface area contributed by atoms with E-state index in [-0.39, 0.29) is 23.4 Å². The van der Waals surface area contributed by atoms with E-state index in [1.54, 1.807) is 12.1 Å². The van der Waals surface area contributed by atoms with Crippen molar-refractivity contribution < 1.29 is 22.8 Å². The van der Waals surface area contributed by atoms with Crippen LogP contribution in [-0.2, 0) is 15.8 Å². The number of hydrogen-bond acceptors (Lipinski definition) is 5. The van der Waals surface area contributed by atoms with E-state index in [1.807, 2.05) is 19.1 Å². The van der Waals surface area contributed by atoms with Crippen LogP contribution in [0, 0.1) is 6.92 Å². The van der Waals surface area contributed by atoms with Crippen molar-refractivity contribution in [2.45, 2.75) is 18.3 Å². The number of amides is 2. The van der Waals surface area contributed by atoms with Gasteiger partial charge < -0.3 is 10.2 Å². The molecular formula is C17H17F3N4O2S. The maximum absolute atomic E-state index is 12.6. The Balaban J connectivity index is 1.85. The Hall–Kier alpha value is -2.62. The number of carbonyl (C=O) groups is 2. The Labute approximate surface area is 158 Å². The number of thioether (sulfide) groups is 1. The summed E-state index contributed by atoms with van der Waals surface area (Å²) in [5, 5.41) is 2.51. The molecule has 0 unspecified atom stereocenters. The lowest BCUT2D eigenvalue weighted by Crippen LogP contribution is -2.36. The van der Waals surface area contributed by atoms with Crippen molar-refractivity contribution in [3.63, 3.8) is 0 Å². The second kappa shape index (κ2) is 8.85. The Kier molecular flexibility index (Phi) is 6.78. The molecule has 0 aliphatic heterocycles. The smallest absolute Gasteiger partial charge is 0.336 e. The third-order valence-corrected chi connectivity index (χ3v) is 4.24. The van der Waals surface area contributed by atoms with Gasteiger partial charge in [0.25, 0.3) is 0 Å². The van der Waals surface area contributed by atoms with Gasteiger partial charge in [-0.3, -0.25) is 9.59 Å². The van der Waals surface area contributed by atoms with E-state index in [1.165, 1.54) is 11.9 Å². The molecule has 1 aromatic carbocycles. The number of rotatable bonds is 6. The van der Waals surface area contributed by atoms with Gasteiger partial charge in [-0.05, 0) is 25.1 Å². The zero-order valence-electron chi connectivity index (χ0n) is 14.6. The number of benzene rings is 1. The lowest BCUT2D eigenvalue weighted by atomic mass is 10.2. The SMILES string of the molecule is Cc1ccc(NC(=O)CN(C)C(=O)CSc2nccc(C(F)(F)F)n2)cc1. The van der Waals surface area contributed by atoms with Gasteiger partial charge in [-0.2, -0.15) is 13.2 Å². The third kappa shape index (κ3) is 6.55. The Morgan fingerprint density at radius 2 is 1.85 bits per heavy atom. The summed E-state index contributed by atoms with van der Waals surface area (Å²) in [5.41, 5.74) is 0.589. The fourth-order valence-corrected chi connectivity index (χ4v) is 2.72. The van der Waals surface area contributed by atoms with Crippen LogP contribution in [0.1, 0.15) is 11.3 Å². The molecule has 0 spiro atoms. The first-order valence-electron chi connectivity index (χ1n) is 7.78. The topological polar surface area (TPSA) is 75.2 Å². The van der Waals surface area contributed by atoms with E-state index in [9.17, 15) is 22.8 Å². The maximum Gasteiger partial charge on any atom is 0.433 e. The van der Waals surface area contributed by atoms with Gasteiger partial charge in [-0.1, -0.05) is 29.5 Å². The average Bonchev–Trinajstić information content (AvgIpc) is 2.61. The number of carbonyl (C=O) groups excluding carboxylic acids is 2. The molecule has 1 aromatic heterocycles. The predicted octanol–water partition coefficient (Wildman–Crippen LogP) is 2.99. The molecule has 27 heavy (non-hydrogen) atoms. The standard InChI is InChI=1S/C17H17F3N4O2S/c1-11-3-5-12(6-4-11)22-14(25)9-24(2)15(26)10-27-16-21-8-7-13(23-16)17(18,19)20/h3-8H,9-10H2,1-2H3,(H,22,25). The minimum absolute atomic E-state index is 0.157. The number of alkyl halides is 3. The molecule has 0 bridgehead atoms. The summed E-state index contributed by atoms with van der Waals surface area (Å²) in [6.45, 7) is 1.74. The van der Waals surface area contributed by atoms with E-state index in [2.05, 4.69) is 15.3 Å². The van der Waals surface area contributed by atoms with Crippen LogP contribution in [0.4, 0.5) is 18.9 Å². The van der Waals surface area contributed by atoms with Crippen LogP contribution in [0.5, 0.6) is 0 Å². The Morgan fingerprint density at radius 1 is 1.19 bits per heavy atom. The van der Waals surface area contributed by atoms with Gasteiger partial charge in [-0.15, -0.1) is 0 Å². The van der Waals surface area contributed by atoms with Crippen molar-refractivity contribution in [3.05, 3.63) is 47.8 Å². The molecule has 0 aliphatic rings. The molecule has 0 fully saturated rings. The molecule has 1 N–H and O–H groups in total. The number of nitrogens with one attached hydrogen (secondary N) is 1. The van der Waals surface area contributed by atoms with Crippen LogP contribution >= 0.6 is 11.8 Å². The quantitative estimate of drug-likeness (QED) is 0.598. The predicted molar refractivity (Wildman–Crippen MR) is 95.2 cm³/mol.